The lowest BCUT2D eigenvalue weighted by Gasteiger charge is -2.04. The lowest BCUT2D eigenvalue weighted by molar-refractivity contribution is -0.139. The van der Waals surface area contributed by atoms with E-state index in [4.69, 9.17) is 5.11 Å². The van der Waals surface area contributed by atoms with Crippen LogP contribution in [-0.2, 0) is 4.79 Å². The third-order valence-corrected chi connectivity index (χ3v) is 1.84. The summed E-state index contributed by atoms with van der Waals surface area (Å²) < 4.78 is 0. The smallest absolute Gasteiger partial charge is 0.320 e. The molecule has 58 valence electrons. The van der Waals surface area contributed by atoms with Crippen molar-refractivity contribution in [2.75, 3.05) is 13.6 Å². The quantitative estimate of drug-likeness (QED) is 0.466. The molecule has 0 radical (unpaired) electrons. The number of carbonyl (C=O) groups is 1. The Kier molecular flexibility index (Phi) is 2.24. The summed E-state index contributed by atoms with van der Waals surface area (Å²) in [7, 11) is 1.84. The van der Waals surface area contributed by atoms with E-state index in [0.717, 1.165) is 6.54 Å². The van der Waals surface area contributed by atoms with Gasteiger partial charge in [0.1, 0.15) is 6.04 Å². The molecule has 0 aromatic carbocycles. The zero-order chi connectivity index (χ0) is 7.56. The number of hydrogen-bond donors (Lipinski definition) is 3. The van der Waals surface area contributed by atoms with E-state index in [1.165, 1.54) is 0 Å². The van der Waals surface area contributed by atoms with E-state index in [2.05, 4.69) is 10.6 Å². The minimum atomic E-state index is -0.752. The topological polar surface area (TPSA) is 61.4 Å². The van der Waals surface area contributed by atoms with Crippen molar-refractivity contribution in [3.05, 3.63) is 0 Å². The second-order valence-corrected chi connectivity index (χ2v) is 2.52. The van der Waals surface area contributed by atoms with Gasteiger partial charge in [0.2, 0.25) is 0 Å². The zero-order valence-corrected chi connectivity index (χ0v) is 5.92. The number of aliphatic carboxylic acids is 1. The Labute approximate surface area is 59.6 Å². The molecule has 0 spiro atoms. The molecule has 0 unspecified atom stereocenters. The van der Waals surface area contributed by atoms with Crippen molar-refractivity contribution in [1.29, 1.82) is 0 Å². The molecule has 3 N–H and O–H groups in total. The van der Waals surface area contributed by atoms with Crippen LogP contribution in [0.1, 0.15) is 6.42 Å². The number of carboxylic acid groups (broad SMARTS) is 1. The van der Waals surface area contributed by atoms with Crippen LogP contribution in [0.3, 0.4) is 0 Å². The van der Waals surface area contributed by atoms with E-state index in [1.807, 2.05) is 7.05 Å². The Bertz CT molecular complexity index is 138. The van der Waals surface area contributed by atoms with E-state index in [-0.39, 0.29) is 6.04 Å². The lowest BCUT2D eigenvalue weighted by Crippen LogP contribution is -2.30. The number of carboxylic acids is 1. The highest BCUT2D eigenvalue weighted by molar-refractivity contribution is 5.73. The minimum absolute atomic E-state index is 0.320. The molecule has 1 aliphatic rings. The maximum Gasteiger partial charge on any atom is 0.320 e. The van der Waals surface area contributed by atoms with Crippen molar-refractivity contribution in [3.63, 3.8) is 0 Å². The van der Waals surface area contributed by atoms with E-state index in [1.54, 1.807) is 0 Å². The molecule has 4 nitrogen and oxygen atoms in total. The van der Waals surface area contributed by atoms with Crippen molar-refractivity contribution >= 4 is 5.97 Å². The molecule has 10 heavy (non-hydrogen) atoms. The van der Waals surface area contributed by atoms with Gasteiger partial charge in [0.25, 0.3) is 0 Å². The molecule has 1 aliphatic heterocycles. The summed E-state index contributed by atoms with van der Waals surface area (Å²) in [5.74, 6) is -0.752. The number of likely N-dealkylation sites (N-methyl/N-ethyl adjacent to an activating group) is 1. The number of hydrogen-bond acceptors (Lipinski definition) is 3. The second-order valence-electron chi connectivity index (χ2n) is 2.52. The van der Waals surface area contributed by atoms with Gasteiger partial charge in [-0.15, -0.1) is 0 Å². The molecule has 1 fully saturated rings. The fourth-order valence-electron chi connectivity index (χ4n) is 1.14. The predicted octanol–water partition coefficient (Wildman–Crippen LogP) is -0.979. The van der Waals surface area contributed by atoms with E-state index in [0.29, 0.717) is 12.5 Å². The Morgan fingerprint density at radius 1 is 1.80 bits per heavy atom. The van der Waals surface area contributed by atoms with Crippen molar-refractivity contribution in [2.45, 2.75) is 18.5 Å². The normalized spacial score (nSPS) is 32.5. The van der Waals surface area contributed by atoms with Gasteiger partial charge >= 0.3 is 5.97 Å². The molecule has 0 amide bonds. The third-order valence-electron chi connectivity index (χ3n) is 1.84. The summed E-state index contributed by atoms with van der Waals surface area (Å²) in [6.45, 7) is 0.757. The highest BCUT2D eigenvalue weighted by Crippen LogP contribution is 2.05. The van der Waals surface area contributed by atoms with Gasteiger partial charge in [-0.05, 0) is 13.5 Å². The molecule has 4 heteroatoms. The lowest BCUT2D eigenvalue weighted by atomic mass is 10.2. The SMILES string of the molecule is CN[C@H]1CN[C@H](C(=O)O)C1. The molecular weight excluding hydrogens is 132 g/mol. The van der Waals surface area contributed by atoms with Crippen LogP contribution in [0.15, 0.2) is 0 Å². The molecule has 1 saturated heterocycles. The highest BCUT2D eigenvalue weighted by Gasteiger charge is 2.27. The summed E-state index contributed by atoms with van der Waals surface area (Å²) in [5, 5.41) is 14.5. The van der Waals surface area contributed by atoms with Crippen LogP contribution in [0, 0.1) is 0 Å². The number of rotatable bonds is 2. The maximum atomic E-state index is 10.4. The van der Waals surface area contributed by atoms with Crippen molar-refractivity contribution in [2.24, 2.45) is 0 Å². The van der Waals surface area contributed by atoms with Gasteiger partial charge in [0, 0.05) is 12.6 Å². The molecule has 1 heterocycles. The number of nitrogens with one attached hydrogen (secondary N) is 2. The van der Waals surface area contributed by atoms with Crippen LogP contribution >= 0.6 is 0 Å². The van der Waals surface area contributed by atoms with Gasteiger partial charge in [-0.2, -0.15) is 0 Å². The van der Waals surface area contributed by atoms with Crippen LogP contribution in [-0.4, -0.2) is 36.8 Å². The molecule has 0 aromatic heterocycles. The summed E-state index contributed by atoms with van der Waals surface area (Å²) in [4.78, 5) is 10.4. The Morgan fingerprint density at radius 2 is 2.50 bits per heavy atom. The standard InChI is InChI=1S/C6H12N2O2/c1-7-4-2-5(6(9)10)8-3-4/h4-5,7-8H,2-3H2,1H3,(H,9,10)/t4-,5+/m1/s1. The van der Waals surface area contributed by atoms with Crippen LogP contribution in [0.25, 0.3) is 0 Å². The maximum absolute atomic E-state index is 10.4. The van der Waals surface area contributed by atoms with Gasteiger partial charge in [-0.1, -0.05) is 0 Å². The van der Waals surface area contributed by atoms with Crippen LogP contribution in [0.5, 0.6) is 0 Å². The van der Waals surface area contributed by atoms with Crippen molar-refractivity contribution in [1.82, 2.24) is 10.6 Å². The largest absolute Gasteiger partial charge is 0.480 e. The van der Waals surface area contributed by atoms with Gasteiger partial charge in [0.05, 0.1) is 0 Å². The first-order valence-electron chi connectivity index (χ1n) is 3.37. The minimum Gasteiger partial charge on any atom is -0.480 e. The van der Waals surface area contributed by atoms with Crippen molar-refractivity contribution in [3.8, 4) is 0 Å². The fourth-order valence-corrected chi connectivity index (χ4v) is 1.14. The predicted molar refractivity (Wildman–Crippen MR) is 36.9 cm³/mol. The third kappa shape index (κ3) is 1.46. The Balaban J connectivity index is 2.35. The summed E-state index contributed by atoms with van der Waals surface area (Å²) >= 11 is 0. The zero-order valence-electron chi connectivity index (χ0n) is 5.92. The molecular formula is C6H12N2O2. The second kappa shape index (κ2) is 2.98. The highest BCUT2D eigenvalue weighted by atomic mass is 16.4. The summed E-state index contributed by atoms with van der Waals surface area (Å²) in [6, 6.07) is -0.0291. The molecule has 0 bridgehead atoms. The molecule has 1 rings (SSSR count). The van der Waals surface area contributed by atoms with Gasteiger partial charge in [-0.3, -0.25) is 4.79 Å². The fraction of sp³-hybridized carbons (Fsp3) is 0.833. The summed E-state index contributed by atoms with van der Waals surface area (Å²) in [6.07, 6.45) is 0.686. The van der Waals surface area contributed by atoms with Crippen LogP contribution in [0.4, 0.5) is 0 Å². The van der Waals surface area contributed by atoms with E-state index >= 15 is 0 Å². The van der Waals surface area contributed by atoms with Crippen molar-refractivity contribution < 1.29 is 9.90 Å². The molecule has 0 saturated carbocycles. The van der Waals surface area contributed by atoms with Crippen LogP contribution in [0.2, 0.25) is 0 Å². The van der Waals surface area contributed by atoms with Gasteiger partial charge in [0.15, 0.2) is 0 Å². The first-order chi connectivity index (χ1) is 4.74. The van der Waals surface area contributed by atoms with Gasteiger partial charge < -0.3 is 15.7 Å². The molecule has 2 atom stereocenters. The van der Waals surface area contributed by atoms with Crippen LogP contribution < -0.4 is 10.6 Å². The summed E-state index contributed by atoms with van der Waals surface area (Å²) in [5.41, 5.74) is 0. The first kappa shape index (κ1) is 7.50. The van der Waals surface area contributed by atoms with E-state index in [9.17, 15) is 4.79 Å². The molecule has 0 aromatic rings. The first-order valence-corrected chi connectivity index (χ1v) is 3.37. The Morgan fingerprint density at radius 3 is 2.80 bits per heavy atom. The average molecular weight is 144 g/mol. The average Bonchev–Trinajstić information content (AvgIpc) is 2.34. The molecule has 0 aliphatic carbocycles. The van der Waals surface area contributed by atoms with E-state index < -0.39 is 5.97 Å². The van der Waals surface area contributed by atoms with Gasteiger partial charge in [-0.25, -0.2) is 0 Å². The Hall–Kier alpha value is -0.610. The monoisotopic (exact) mass is 144 g/mol.